The Labute approximate surface area is 198 Å². The van der Waals surface area contributed by atoms with Crippen molar-refractivity contribution in [3.05, 3.63) is 70.5 Å². The van der Waals surface area contributed by atoms with Gasteiger partial charge in [-0.2, -0.15) is 0 Å². The first-order valence-electron chi connectivity index (χ1n) is 12.0. The Morgan fingerprint density at radius 3 is 1.64 bits per heavy atom. The van der Waals surface area contributed by atoms with Crippen LogP contribution >= 0.6 is 0 Å². The van der Waals surface area contributed by atoms with Gasteiger partial charge in [0, 0.05) is 22.3 Å². The highest BCUT2D eigenvalue weighted by atomic mass is 16.4. The van der Waals surface area contributed by atoms with E-state index in [9.17, 15) is 9.90 Å². The predicted octanol–water partition coefficient (Wildman–Crippen LogP) is 6.27. The summed E-state index contributed by atoms with van der Waals surface area (Å²) < 4.78 is 3.78. The summed E-state index contributed by atoms with van der Waals surface area (Å²) in [6.07, 6.45) is 1.81. The van der Waals surface area contributed by atoms with E-state index in [1.807, 2.05) is 15.6 Å². The summed E-state index contributed by atoms with van der Waals surface area (Å²) in [6, 6.07) is 12.8. The molecule has 2 aromatic carbocycles. The summed E-state index contributed by atoms with van der Waals surface area (Å²) in [5.74, 6) is 0.325. The van der Waals surface area contributed by atoms with Gasteiger partial charge in [-0.3, -0.25) is 4.79 Å². The van der Waals surface area contributed by atoms with E-state index in [1.165, 1.54) is 22.3 Å². The minimum absolute atomic E-state index is 0.0924. The number of para-hydroxylation sites is 2. The first-order chi connectivity index (χ1) is 15.5. The lowest BCUT2D eigenvalue weighted by atomic mass is 9.92. The molecule has 0 aliphatic heterocycles. The Bertz CT molecular complexity index is 1090. The van der Waals surface area contributed by atoms with E-state index in [-0.39, 0.29) is 18.3 Å². The van der Waals surface area contributed by atoms with Crippen molar-refractivity contribution in [3.8, 4) is 11.4 Å². The SMILES string of the molecule is CC(C)c1cccc(C(C)C)c1-n1n[n+](-c2c(C(C)C)cccc2C(C)C)cc1CC(=O)O. The van der Waals surface area contributed by atoms with Gasteiger partial charge in [0.1, 0.15) is 11.6 Å². The van der Waals surface area contributed by atoms with Crippen molar-refractivity contribution < 1.29 is 14.6 Å². The minimum Gasteiger partial charge on any atom is -0.481 e. The van der Waals surface area contributed by atoms with Gasteiger partial charge < -0.3 is 5.11 Å². The highest BCUT2D eigenvalue weighted by Gasteiger charge is 2.30. The number of nitrogens with zero attached hydrogens (tertiary/aromatic N) is 3. The van der Waals surface area contributed by atoms with Gasteiger partial charge in [0.2, 0.25) is 0 Å². The zero-order chi connectivity index (χ0) is 24.4. The molecular formula is C28H38N3O2+. The van der Waals surface area contributed by atoms with Crippen LogP contribution in [0.1, 0.15) is 107 Å². The lowest BCUT2D eigenvalue weighted by Crippen LogP contribution is -2.36. The number of aliphatic carboxylic acids is 1. The normalized spacial score (nSPS) is 11.9. The van der Waals surface area contributed by atoms with Crippen LogP contribution in [0.15, 0.2) is 42.6 Å². The maximum atomic E-state index is 11.8. The first-order valence-corrected chi connectivity index (χ1v) is 12.0. The molecule has 1 aromatic heterocycles. The third kappa shape index (κ3) is 5.02. The van der Waals surface area contributed by atoms with Crippen molar-refractivity contribution in [1.29, 1.82) is 0 Å². The molecule has 0 aliphatic rings. The average Bonchev–Trinajstić information content (AvgIpc) is 3.14. The van der Waals surface area contributed by atoms with Crippen molar-refractivity contribution in [2.24, 2.45) is 0 Å². The van der Waals surface area contributed by atoms with Gasteiger partial charge in [0.25, 0.3) is 0 Å². The fourth-order valence-electron chi connectivity index (χ4n) is 4.48. The fourth-order valence-corrected chi connectivity index (χ4v) is 4.48. The molecule has 0 unspecified atom stereocenters. The van der Waals surface area contributed by atoms with Gasteiger partial charge in [0.15, 0.2) is 23.3 Å². The molecule has 0 fully saturated rings. The van der Waals surface area contributed by atoms with Gasteiger partial charge >= 0.3 is 5.97 Å². The molecule has 176 valence electrons. The van der Waals surface area contributed by atoms with E-state index >= 15 is 0 Å². The molecule has 0 saturated heterocycles. The Balaban J connectivity index is 2.39. The van der Waals surface area contributed by atoms with Gasteiger partial charge in [0.05, 0.1) is 0 Å². The Morgan fingerprint density at radius 2 is 1.24 bits per heavy atom. The van der Waals surface area contributed by atoms with Crippen LogP contribution in [0.25, 0.3) is 11.4 Å². The van der Waals surface area contributed by atoms with Crippen molar-refractivity contribution in [2.45, 2.75) is 85.5 Å². The van der Waals surface area contributed by atoms with E-state index in [2.05, 4.69) is 91.8 Å². The lowest BCUT2D eigenvalue weighted by molar-refractivity contribution is -0.662. The Kier molecular flexibility index (Phi) is 7.41. The minimum atomic E-state index is -0.863. The van der Waals surface area contributed by atoms with Crippen molar-refractivity contribution in [1.82, 2.24) is 9.90 Å². The quantitative estimate of drug-likeness (QED) is 0.413. The number of hydrogen-bond donors (Lipinski definition) is 1. The Hall–Kier alpha value is -2.95. The maximum Gasteiger partial charge on any atom is 0.311 e. The number of carboxylic acid groups (broad SMARTS) is 1. The van der Waals surface area contributed by atoms with Crippen LogP contribution in [0, 0.1) is 0 Å². The number of benzene rings is 2. The number of aromatic nitrogens is 3. The summed E-state index contributed by atoms with van der Waals surface area (Å²) in [5, 5.41) is 14.8. The summed E-state index contributed by atoms with van der Waals surface area (Å²) in [5.41, 5.74) is 7.49. The number of carboxylic acids is 1. The van der Waals surface area contributed by atoms with Crippen LogP contribution in [-0.2, 0) is 11.2 Å². The summed E-state index contributed by atoms with van der Waals surface area (Å²) in [6.45, 7) is 17.4. The van der Waals surface area contributed by atoms with E-state index in [1.54, 1.807) is 0 Å². The van der Waals surface area contributed by atoms with Crippen LogP contribution in [0.4, 0.5) is 0 Å². The molecule has 0 spiro atoms. The third-order valence-corrected chi connectivity index (χ3v) is 6.19. The molecule has 1 N–H and O–H groups in total. The zero-order valence-electron chi connectivity index (χ0n) is 21.3. The predicted molar refractivity (Wildman–Crippen MR) is 133 cm³/mol. The highest BCUT2D eigenvalue weighted by molar-refractivity contribution is 5.70. The molecule has 0 amide bonds. The Morgan fingerprint density at radius 1 is 0.818 bits per heavy atom. The average molecular weight is 449 g/mol. The molecule has 3 rings (SSSR count). The second-order valence-corrected chi connectivity index (χ2v) is 10.1. The number of hydrogen-bond acceptors (Lipinski definition) is 2. The van der Waals surface area contributed by atoms with Crippen LogP contribution in [0.5, 0.6) is 0 Å². The van der Waals surface area contributed by atoms with Crippen molar-refractivity contribution >= 4 is 5.97 Å². The first kappa shape index (κ1) is 24.7. The van der Waals surface area contributed by atoms with Crippen molar-refractivity contribution in [3.63, 3.8) is 0 Å². The van der Waals surface area contributed by atoms with Crippen LogP contribution in [0.2, 0.25) is 0 Å². The molecule has 0 radical (unpaired) electrons. The molecule has 33 heavy (non-hydrogen) atoms. The van der Waals surface area contributed by atoms with Gasteiger partial charge in [-0.25, -0.2) is 0 Å². The number of rotatable bonds is 8. The monoisotopic (exact) mass is 448 g/mol. The molecule has 3 aromatic rings. The second kappa shape index (κ2) is 9.90. The molecule has 0 bridgehead atoms. The smallest absolute Gasteiger partial charge is 0.311 e. The van der Waals surface area contributed by atoms with E-state index in [0.717, 1.165) is 11.4 Å². The topological polar surface area (TPSA) is 59.0 Å². The summed E-state index contributed by atoms with van der Waals surface area (Å²) >= 11 is 0. The highest BCUT2D eigenvalue weighted by Crippen LogP contribution is 2.32. The van der Waals surface area contributed by atoms with Crippen molar-refractivity contribution in [2.75, 3.05) is 0 Å². The molecule has 1 heterocycles. The third-order valence-electron chi connectivity index (χ3n) is 6.19. The lowest BCUT2D eigenvalue weighted by Gasteiger charge is -2.16. The molecule has 0 aliphatic carbocycles. The molecule has 0 atom stereocenters. The van der Waals surface area contributed by atoms with E-state index in [4.69, 9.17) is 5.21 Å². The van der Waals surface area contributed by atoms with Crippen LogP contribution in [-0.4, -0.2) is 21.0 Å². The second-order valence-electron chi connectivity index (χ2n) is 10.1. The summed E-state index contributed by atoms with van der Waals surface area (Å²) in [4.78, 5) is 11.8. The molecular weight excluding hydrogens is 410 g/mol. The van der Waals surface area contributed by atoms with Gasteiger partial charge in [-0.15, -0.1) is 4.68 Å². The van der Waals surface area contributed by atoms with E-state index in [0.29, 0.717) is 17.5 Å². The summed E-state index contributed by atoms with van der Waals surface area (Å²) in [7, 11) is 0. The number of carbonyl (C=O) groups is 1. The van der Waals surface area contributed by atoms with Gasteiger partial charge in [-0.1, -0.05) is 96.5 Å². The molecule has 5 nitrogen and oxygen atoms in total. The fraction of sp³-hybridized carbons (Fsp3) is 0.464. The molecule has 5 heteroatoms. The standard InChI is InChI=1S/C28H37N3O2/c1-17(2)22-11-9-12-23(18(3)4)27(22)30-16-21(15-26(32)33)31(29-30)28-24(19(5)6)13-10-14-25(28)20(7)8/h9-14,16-20H,15H2,1-8H3/p+1. The largest absolute Gasteiger partial charge is 0.481 e. The van der Waals surface area contributed by atoms with E-state index < -0.39 is 5.97 Å². The van der Waals surface area contributed by atoms with Crippen LogP contribution < -0.4 is 4.68 Å². The van der Waals surface area contributed by atoms with Crippen LogP contribution in [0.3, 0.4) is 0 Å². The molecule has 0 saturated carbocycles. The zero-order valence-corrected chi connectivity index (χ0v) is 21.3. The van der Waals surface area contributed by atoms with Gasteiger partial charge in [-0.05, 0) is 23.7 Å². The maximum absolute atomic E-state index is 11.8.